The van der Waals surface area contributed by atoms with Crippen LogP contribution in [0.5, 0.6) is 0 Å². The molecule has 3 heteroatoms. The van der Waals surface area contributed by atoms with Gasteiger partial charge in [-0.25, -0.2) is 0 Å². The fraction of sp³-hybridized carbons (Fsp3) is 0.250. The van der Waals surface area contributed by atoms with Crippen LogP contribution in [0.15, 0.2) is 63.9 Å². The Kier molecular flexibility index (Phi) is 3.72. The first-order valence-corrected chi connectivity index (χ1v) is 7.78. The molecule has 0 saturated heterocycles. The monoisotopic (exact) mass is 307 g/mol. The van der Waals surface area contributed by atoms with E-state index in [-0.39, 0.29) is 5.56 Å². The molecule has 23 heavy (non-hydrogen) atoms. The Morgan fingerprint density at radius 3 is 2.17 bits per heavy atom. The smallest absolute Gasteiger partial charge is 0.291 e. The molecule has 3 nitrogen and oxygen atoms in total. The second-order valence-electron chi connectivity index (χ2n) is 6.36. The number of benzene rings is 2. The average Bonchev–Trinajstić information content (AvgIpc) is 2.84. The van der Waals surface area contributed by atoms with Gasteiger partial charge in [-0.3, -0.25) is 4.79 Å². The second kappa shape index (κ2) is 5.58. The van der Waals surface area contributed by atoms with Crippen molar-refractivity contribution in [3.8, 4) is 11.1 Å². The van der Waals surface area contributed by atoms with Crippen molar-refractivity contribution in [2.75, 3.05) is 0 Å². The molecule has 118 valence electrons. The van der Waals surface area contributed by atoms with Gasteiger partial charge in [-0.1, -0.05) is 54.6 Å². The highest BCUT2D eigenvalue weighted by molar-refractivity contribution is 5.67. The largest absolute Gasteiger partial charge is 0.380 e. The first kappa shape index (κ1) is 15.3. The molecule has 0 N–H and O–H groups in total. The molecule has 0 unspecified atom stereocenters. The Balaban J connectivity index is 2.20. The van der Waals surface area contributed by atoms with Gasteiger partial charge in [0, 0.05) is 0 Å². The minimum atomic E-state index is -0.552. The highest BCUT2D eigenvalue weighted by Gasteiger charge is 2.30. The minimum Gasteiger partial charge on any atom is -0.380 e. The molecular weight excluding hydrogens is 286 g/mol. The predicted molar refractivity (Wildman–Crippen MR) is 92.7 cm³/mol. The van der Waals surface area contributed by atoms with E-state index in [9.17, 15) is 4.79 Å². The molecule has 0 spiro atoms. The van der Waals surface area contributed by atoms with E-state index >= 15 is 0 Å². The van der Waals surface area contributed by atoms with Crippen LogP contribution in [-0.4, -0.2) is 4.74 Å². The molecule has 0 atom stereocenters. The van der Waals surface area contributed by atoms with E-state index in [1.165, 1.54) is 4.74 Å². The molecular formula is C20H21NO2. The van der Waals surface area contributed by atoms with Gasteiger partial charge in [0.05, 0.1) is 5.56 Å². The Morgan fingerprint density at radius 1 is 0.913 bits per heavy atom. The van der Waals surface area contributed by atoms with E-state index in [0.717, 1.165) is 16.7 Å². The van der Waals surface area contributed by atoms with Gasteiger partial charge in [0.2, 0.25) is 0 Å². The summed E-state index contributed by atoms with van der Waals surface area (Å²) in [6.45, 7) is 7.84. The van der Waals surface area contributed by atoms with Crippen molar-refractivity contribution < 1.29 is 4.52 Å². The molecule has 0 saturated carbocycles. The van der Waals surface area contributed by atoms with Crippen LogP contribution in [-0.2, 0) is 5.54 Å². The van der Waals surface area contributed by atoms with Crippen LogP contribution in [0, 0.1) is 13.8 Å². The molecule has 2 aromatic carbocycles. The summed E-state index contributed by atoms with van der Waals surface area (Å²) in [6.07, 6.45) is 0. The lowest BCUT2D eigenvalue weighted by Gasteiger charge is -2.24. The third-order valence-electron chi connectivity index (χ3n) is 4.38. The summed E-state index contributed by atoms with van der Waals surface area (Å²) >= 11 is 0. The van der Waals surface area contributed by atoms with Crippen LogP contribution < -0.4 is 5.56 Å². The lowest BCUT2D eigenvalue weighted by molar-refractivity contribution is 0.166. The maximum absolute atomic E-state index is 13.0. The van der Waals surface area contributed by atoms with Crippen molar-refractivity contribution in [2.45, 2.75) is 33.2 Å². The van der Waals surface area contributed by atoms with E-state index in [2.05, 4.69) is 0 Å². The van der Waals surface area contributed by atoms with Crippen molar-refractivity contribution in [1.29, 1.82) is 0 Å². The van der Waals surface area contributed by atoms with Crippen LogP contribution in [0.25, 0.3) is 11.1 Å². The lowest BCUT2D eigenvalue weighted by atomic mass is 9.94. The van der Waals surface area contributed by atoms with Gasteiger partial charge in [0.1, 0.15) is 11.3 Å². The van der Waals surface area contributed by atoms with E-state index < -0.39 is 5.54 Å². The summed E-state index contributed by atoms with van der Waals surface area (Å²) < 4.78 is 7.36. The number of rotatable bonds is 3. The van der Waals surface area contributed by atoms with Gasteiger partial charge in [-0.2, -0.15) is 4.74 Å². The summed E-state index contributed by atoms with van der Waals surface area (Å²) in [4.78, 5) is 13.0. The standard InChI is InChI=1S/C20H21NO2/c1-14-10-8-9-13-17(14)18-15(2)23-21(19(18)22)20(3,4)16-11-6-5-7-12-16/h5-13H,1-4H3. The van der Waals surface area contributed by atoms with Crippen LogP contribution >= 0.6 is 0 Å². The first-order valence-electron chi connectivity index (χ1n) is 7.78. The summed E-state index contributed by atoms with van der Waals surface area (Å²) in [5, 5.41) is 0. The summed E-state index contributed by atoms with van der Waals surface area (Å²) in [5.74, 6) is 0.647. The minimum absolute atomic E-state index is 0.0920. The van der Waals surface area contributed by atoms with Crippen molar-refractivity contribution in [2.24, 2.45) is 0 Å². The molecule has 0 amide bonds. The highest BCUT2D eigenvalue weighted by Crippen LogP contribution is 2.29. The molecule has 1 aromatic heterocycles. The van der Waals surface area contributed by atoms with Gasteiger partial charge in [0.15, 0.2) is 0 Å². The zero-order valence-corrected chi connectivity index (χ0v) is 14.0. The Morgan fingerprint density at radius 2 is 1.52 bits per heavy atom. The van der Waals surface area contributed by atoms with E-state index in [4.69, 9.17) is 4.52 Å². The zero-order chi connectivity index (χ0) is 16.6. The highest BCUT2D eigenvalue weighted by atomic mass is 16.5. The predicted octanol–water partition coefficient (Wildman–Crippen LogP) is 4.51. The third kappa shape index (κ3) is 2.52. The van der Waals surface area contributed by atoms with Gasteiger partial charge in [-0.05, 0) is 44.4 Å². The molecule has 1 heterocycles. The van der Waals surface area contributed by atoms with Gasteiger partial charge < -0.3 is 4.52 Å². The second-order valence-corrected chi connectivity index (χ2v) is 6.36. The normalized spacial score (nSPS) is 11.7. The summed E-state index contributed by atoms with van der Waals surface area (Å²) in [6, 6.07) is 17.8. The van der Waals surface area contributed by atoms with Crippen LogP contribution in [0.2, 0.25) is 0 Å². The molecule has 3 aromatic rings. The molecule has 0 aliphatic heterocycles. The van der Waals surface area contributed by atoms with Crippen molar-refractivity contribution in [1.82, 2.24) is 4.74 Å². The molecule has 0 aliphatic rings. The fourth-order valence-electron chi connectivity index (χ4n) is 2.97. The summed E-state index contributed by atoms with van der Waals surface area (Å²) in [5.41, 5.74) is 3.04. The fourth-order valence-corrected chi connectivity index (χ4v) is 2.97. The molecule has 0 bridgehead atoms. The number of aromatic nitrogens is 1. The van der Waals surface area contributed by atoms with Crippen molar-refractivity contribution in [3.05, 3.63) is 81.8 Å². The maximum Gasteiger partial charge on any atom is 0.291 e. The van der Waals surface area contributed by atoms with Gasteiger partial charge in [-0.15, -0.1) is 0 Å². The average molecular weight is 307 g/mol. The molecule has 0 radical (unpaired) electrons. The lowest BCUT2D eigenvalue weighted by Crippen LogP contribution is -2.35. The van der Waals surface area contributed by atoms with E-state index in [0.29, 0.717) is 11.3 Å². The van der Waals surface area contributed by atoms with E-state index in [1.54, 1.807) is 0 Å². The number of hydrogen-bond donors (Lipinski definition) is 0. The molecule has 0 fully saturated rings. The Bertz CT molecular complexity index is 886. The molecule has 0 aliphatic carbocycles. The zero-order valence-electron chi connectivity index (χ0n) is 14.0. The Hall–Kier alpha value is -2.55. The first-order chi connectivity index (χ1) is 10.9. The number of aryl methyl sites for hydroxylation is 2. The SMILES string of the molecule is Cc1ccccc1-c1c(C)on(C(C)(C)c2ccccc2)c1=O. The maximum atomic E-state index is 13.0. The number of hydrogen-bond acceptors (Lipinski definition) is 2. The van der Waals surface area contributed by atoms with Gasteiger partial charge >= 0.3 is 0 Å². The van der Waals surface area contributed by atoms with Crippen LogP contribution in [0.4, 0.5) is 0 Å². The third-order valence-corrected chi connectivity index (χ3v) is 4.38. The van der Waals surface area contributed by atoms with Gasteiger partial charge in [0.25, 0.3) is 5.56 Å². The van der Waals surface area contributed by atoms with Crippen molar-refractivity contribution >= 4 is 0 Å². The Labute approximate surface area is 136 Å². The topological polar surface area (TPSA) is 35.1 Å². The molecule has 3 rings (SSSR count). The quantitative estimate of drug-likeness (QED) is 0.713. The summed E-state index contributed by atoms with van der Waals surface area (Å²) in [7, 11) is 0. The number of nitrogens with zero attached hydrogens (tertiary/aromatic N) is 1. The van der Waals surface area contributed by atoms with Crippen LogP contribution in [0.1, 0.15) is 30.7 Å². The van der Waals surface area contributed by atoms with E-state index in [1.807, 2.05) is 82.3 Å². The van der Waals surface area contributed by atoms with Crippen molar-refractivity contribution in [3.63, 3.8) is 0 Å². The van der Waals surface area contributed by atoms with Crippen LogP contribution in [0.3, 0.4) is 0 Å².